The predicted molar refractivity (Wildman–Crippen MR) is 280 cm³/mol. The molecule has 12 aromatic rings. The van der Waals surface area contributed by atoms with Gasteiger partial charge in [-0.25, -0.2) is 0 Å². The first-order valence-electron chi connectivity index (χ1n) is 23.3. The van der Waals surface area contributed by atoms with Crippen molar-refractivity contribution in [1.82, 2.24) is 4.57 Å². The lowest BCUT2D eigenvalue weighted by molar-refractivity contribution is 0.794. The van der Waals surface area contributed by atoms with E-state index in [1.807, 2.05) is 0 Å². The summed E-state index contributed by atoms with van der Waals surface area (Å²) in [6, 6.07) is 94.2. The number of benzene rings is 11. The minimum atomic E-state index is -0.445. The smallest absolute Gasteiger partial charge is 0.0725 e. The van der Waals surface area contributed by atoms with Crippen molar-refractivity contribution < 1.29 is 0 Å². The molecule has 1 aromatic heterocycles. The molecule has 2 nitrogen and oxygen atoms in total. The van der Waals surface area contributed by atoms with Gasteiger partial charge in [0.15, 0.2) is 0 Å². The van der Waals surface area contributed by atoms with Crippen LogP contribution in [0.4, 0.5) is 17.1 Å². The van der Waals surface area contributed by atoms with Gasteiger partial charge in [0.2, 0.25) is 0 Å². The normalized spacial score (nSPS) is 14.3. The first-order chi connectivity index (χ1) is 33.3. The Morgan fingerprint density at radius 2 is 0.821 bits per heavy atom. The number of nitrogens with zero attached hydrogens (tertiary/aromatic N) is 2. The molecule has 312 valence electrons. The van der Waals surface area contributed by atoms with Crippen molar-refractivity contribution in [2.75, 3.05) is 4.90 Å². The van der Waals surface area contributed by atoms with E-state index in [2.05, 4.69) is 264 Å². The van der Waals surface area contributed by atoms with Crippen LogP contribution in [0.1, 0.15) is 22.3 Å². The molecule has 1 unspecified atom stereocenters. The molecule has 0 amide bonds. The van der Waals surface area contributed by atoms with E-state index in [1.165, 1.54) is 93.8 Å². The van der Waals surface area contributed by atoms with Crippen molar-refractivity contribution in [2.45, 2.75) is 5.41 Å². The highest BCUT2D eigenvalue weighted by molar-refractivity contribution is 6.11. The van der Waals surface area contributed by atoms with Gasteiger partial charge in [-0.2, -0.15) is 0 Å². The molecule has 0 aliphatic heterocycles. The van der Waals surface area contributed by atoms with Crippen LogP contribution in [-0.4, -0.2) is 4.57 Å². The zero-order valence-electron chi connectivity index (χ0n) is 36.6. The van der Waals surface area contributed by atoms with Gasteiger partial charge >= 0.3 is 0 Å². The highest BCUT2D eigenvalue weighted by atomic mass is 15.1. The Morgan fingerprint density at radius 3 is 1.52 bits per heavy atom. The molecule has 2 aliphatic rings. The fourth-order valence-corrected chi connectivity index (χ4v) is 11.9. The number of aromatic nitrogens is 1. The van der Waals surface area contributed by atoms with Gasteiger partial charge in [0.05, 0.1) is 22.1 Å². The minimum absolute atomic E-state index is 0.445. The summed E-state index contributed by atoms with van der Waals surface area (Å²) in [5, 5.41) is 4.89. The van der Waals surface area contributed by atoms with Gasteiger partial charge in [0.1, 0.15) is 0 Å². The monoisotopic (exact) mass is 850 g/mol. The lowest BCUT2D eigenvalue weighted by Gasteiger charge is -2.30. The Hall–Kier alpha value is -8.72. The quantitative estimate of drug-likeness (QED) is 0.162. The molecule has 14 rings (SSSR count). The fourth-order valence-electron chi connectivity index (χ4n) is 11.9. The van der Waals surface area contributed by atoms with Crippen LogP contribution >= 0.6 is 0 Å². The molecule has 0 fully saturated rings. The van der Waals surface area contributed by atoms with E-state index < -0.39 is 5.41 Å². The molecule has 2 heteroatoms. The second-order valence-corrected chi connectivity index (χ2v) is 17.9. The molecular formula is C65H42N2. The first kappa shape index (κ1) is 37.6. The molecule has 11 aromatic carbocycles. The van der Waals surface area contributed by atoms with Crippen molar-refractivity contribution in [2.24, 2.45) is 0 Å². The SMILES string of the molecule is c1ccc(-c2cccc3c2-c2ccccc2C32c3ccccc3-c3c(-c4ccc(-n5c6ccccc6c6ccc(N(c7ccccc7)c7cccc8ccccc78)cc65)cc4)cccc32)cc1. The maximum Gasteiger partial charge on any atom is 0.0725 e. The predicted octanol–water partition coefficient (Wildman–Crippen LogP) is 17.1. The summed E-state index contributed by atoms with van der Waals surface area (Å²) in [5.74, 6) is 0. The van der Waals surface area contributed by atoms with Gasteiger partial charge in [-0.1, -0.05) is 206 Å². The maximum atomic E-state index is 2.45. The number of hydrogen-bond acceptors (Lipinski definition) is 1. The highest BCUT2D eigenvalue weighted by Crippen LogP contribution is 2.65. The maximum absolute atomic E-state index is 2.45. The van der Waals surface area contributed by atoms with Crippen LogP contribution in [0.2, 0.25) is 0 Å². The molecule has 2 aliphatic carbocycles. The summed E-state index contributed by atoms with van der Waals surface area (Å²) in [5.41, 5.74) is 22.0. The summed E-state index contributed by atoms with van der Waals surface area (Å²) in [6.07, 6.45) is 0. The van der Waals surface area contributed by atoms with Gasteiger partial charge in [0.25, 0.3) is 0 Å². The second-order valence-electron chi connectivity index (χ2n) is 17.9. The van der Waals surface area contributed by atoms with Gasteiger partial charge in [0, 0.05) is 33.2 Å². The average Bonchev–Trinajstić information content (AvgIpc) is 4.01. The summed E-state index contributed by atoms with van der Waals surface area (Å²) in [7, 11) is 0. The van der Waals surface area contributed by atoms with Crippen LogP contribution in [0.15, 0.2) is 255 Å². The van der Waals surface area contributed by atoms with E-state index >= 15 is 0 Å². The van der Waals surface area contributed by atoms with Crippen LogP contribution in [-0.2, 0) is 5.41 Å². The third kappa shape index (κ3) is 5.39. The molecule has 1 spiro atoms. The fraction of sp³-hybridized carbons (Fsp3) is 0.0154. The zero-order chi connectivity index (χ0) is 44.1. The standard InChI is InChI=1S/C65H42N2/c1-3-18-44(19-4-1)50-28-16-32-58-63(50)54-26-9-12-30-56(54)65(58)57-31-13-10-27-55(57)64-51(29-17-33-59(64)65)45-36-38-47(39-37-45)67-61-34-14-11-25-52(61)53-41-40-48(42-62(53)67)66(46-22-5-2-6-23-46)60-35-15-21-43-20-7-8-24-49(43)60/h1-42H. The Kier molecular flexibility index (Phi) is 8.23. The van der Waals surface area contributed by atoms with E-state index in [-0.39, 0.29) is 0 Å². The molecule has 1 heterocycles. The topological polar surface area (TPSA) is 8.17 Å². The van der Waals surface area contributed by atoms with Crippen molar-refractivity contribution in [3.8, 4) is 50.2 Å². The Morgan fingerprint density at radius 1 is 0.313 bits per heavy atom. The molecular weight excluding hydrogens is 809 g/mol. The van der Waals surface area contributed by atoms with E-state index in [0.29, 0.717) is 0 Å². The molecule has 0 saturated heterocycles. The van der Waals surface area contributed by atoms with Crippen molar-refractivity contribution in [3.63, 3.8) is 0 Å². The molecule has 0 bridgehead atoms. The Bertz CT molecular complexity index is 3910. The lowest BCUT2D eigenvalue weighted by Crippen LogP contribution is -2.25. The Balaban J connectivity index is 0.938. The van der Waals surface area contributed by atoms with Gasteiger partial charge in [-0.05, 0) is 121 Å². The van der Waals surface area contributed by atoms with E-state index in [9.17, 15) is 0 Å². The molecule has 67 heavy (non-hydrogen) atoms. The van der Waals surface area contributed by atoms with Crippen molar-refractivity contribution in [3.05, 3.63) is 277 Å². The Labute approximate surface area is 389 Å². The molecule has 1 atom stereocenters. The van der Waals surface area contributed by atoms with E-state index in [1.54, 1.807) is 0 Å². The molecule has 0 N–H and O–H groups in total. The highest BCUT2D eigenvalue weighted by Gasteiger charge is 2.52. The number of fused-ring (bicyclic) bond motifs is 14. The average molecular weight is 851 g/mol. The molecule has 0 radical (unpaired) electrons. The summed E-state index contributed by atoms with van der Waals surface area (Å²) in [6.45, 7) is 0. The number of rotatable bonds is 6. The number of para-hydroxylation sites is 2. The van der Waals surface area contributed by atoms with Gasteiger partial charge < -0.3 is 9.47 Å². The number of hydrogen-bond donors (Lipinski definition) is 0. The van der Waals surface area contributed by atoms with Gasteiger partial charge in [-0.3, -0.25) is 0 Å². The van der Waals surface area contributed by atoms with Crippen LogP contribution < -0.4 is 4.90 Å². The van der Waals surface area contributed by atoms with Crippen LogP contribution in [0.3, 0.4) is 0 Å². The number of anilines is 3. The van der Waals surface area contributed by atoms with Crippen molar-refractivity contribution in [1.29, 1.82) is 0 Å². The third-order valence-corrected chi connectivity index (χ3v) is 14.6. The third-order valence-electron chi connectivity index (χ3n) is 14.6. The largest absolute Gasteiger partial charge is 0.310 e. The summed E-state index contributed by atoms with van der Waals surface area (Å²) in [4.78, 5) is 2.40. The first-order valence-corrected chi connectivity index (χ1v) is 23.3. The van der Waals surface area contributed by atoms with Crippen molar-refractivity contribution >= 4 is 49.6 Å². The van der Waals surface area contributed by atoms with Crippen LogP contribution in [0.5, 0.6) is 0 Å². The second kappa shape index (κ2) is 14.7. The molecule has 0 saturated carbocycles. The van der Waals surface area contributed by atoms with Crippen LogP contribution in [0, 0.1) is 0 Å². The zero-order valence-corrected chi connectivity index (χ0v) is 36.6. The van der Waals surface area contributed by atoms with Gasteiger partial charge in [-0.15, -0.1) is 0 Å². The van der Waals surface area contributed by atoms with E-state index in [0.717, 1.165) is 28.3 Å². The minimum Gasteiger partial charge on any atom is -0.310 e. The summed E-state index contributed by atoms with van der Waals surface area (Å²) >= 11 is 0. The van der Waals surface area contributed by atoms with Crippen LogP contribution in [0.25, 0.3) is 82.8 Å². The summed E-state index contributed by atoms with van der Waals surface area (Å²) < 4.78 is 2.45. The van der Waals surface area contributed by atoms with E-state index in [4.69, 9.17) is 0 Å². The lowest BCUT2D eigenvalue weighted by atomic mass is 9.70.